The zero-order chi connectivity index (χ0) is 15.8. The van der Waals surface area contributed by atoms with Crippen LogP contribution in [0.1, 0.15) is 18.1 Å². The van der Waals surface area contributed by atoms with Crippen LogP contribution in [-0.4, -0.2) is 56.2 Å². The summed E-state index contributed by atoms with van der Waals surface area (Å²) in [6.07, 6.45) is 1.87. The molecule has 4 heteroatoms. The monoisotopic (exact) mass is 303 g/mol. The fourth-order valence-corrected chi connectivity index (χ4v) is 2.86. The molecule has 1 N–H and O–H groups in total. The van der Waals surface area contributed by atoms with Gasteiger partial charge in [0, 0.05) is 51.4 Å². The molecule has 1 saturated heterocycles. The van der Waals surface area contributed by atoms with Crippen molar-refractivity contribution in [3.05, 3.63) is 42.0 Å². The number of hydrogen-bond donors (Lipinski definition) is 1. The molecule has 0 spiro atoms. The maximum atomic E-state index is 5.55. The van der Waals surface area contributed by atoms with Crippen LogP contribution in [0.3, 0.4) is 0 Å². The van der Waals surface area contributed by atoms with Gasteiger partial charge in [-0.3, -0.25) is 4.90 Å². The van der Waals surface area contributed by atoms with Gasteiger partial charge in [0.1, 0.15) is 5.75 Å². The maximum absolute atomic E-state index is 5.55. The first-order valence-corrected chi connectivity index (χ1v) is 8.19. The molecule has 0 radical (unpaired) electrons. The Balaban J connectivity index is 1.93. The highest BCUT2D eigenvalue weighted by atomic mass is 16.5. The third-order valence-corrected chi connectivity index (χ3v) is 4.27. The highest BCUT2D eigenvalue weighted by Crippen LogP contribution is 2.21. The number of methoxy groups -OCH3 is 1. The standard InChI is InChI=1S/C18H29N3O/c1-4-8-19-14-17-7-6-16(13-18(17)22-3)15-21-11-9-20(5-2)10-12-21/h4,6-7,13,19H,1,5,8-12,14-15H2,2-3H3. The molecule has 1 fully saturated rings. The summed E-state index contributed by atoms with van der Waals surface area (Å²) in [5.41, 5.74) is 2.53. The summed E-state index contributed by atoms with van der Waals surface area (Å²) >= 11 is 0. The summed E-state index contributed by atoms with van der Waals surface area (Å²) in [6, 6.07) is 6.57. The number of nitrogens with zero attached hydrogens (tertiary/aromatic N) is 2. The van der Waals surface area contributed by atoms with Gasteiger partial charge in [0.25, 0.3) is 0 Å². The van der Waals surface area contributed by atoms with E-state index in [1.165, 1.54) is 24.2 Å². The lowest BCUT2D eigenvalue weighted by atomic mass is 10.1. The van der Waals surface area contributed by atoms with Gasteiger partial charge in [0.2, 0.25) is 0 Å². The molecule has 0 aliphatic carbocycles. The minimum Gasteiger partial charge on any atom is -0.496 e. The van der Waals surface area contributed by atoms with Gasteiger partial charge in [-0.1, -0.05) is 25.1 Å². The van der Waals surface area contributed by atoms with Crippen molar-refractivity contribution < 1.29 is 4.74 Å². The van der Waals surface area contributed by atoms with Crippen molar-refractivity contribution in [2.75, 3.05) is 46.4 Å². The van der Waals surface area contributed by atoms with Gasteiger partial charge in [0.15, 0.2) is 0 Å². The van der Waals surface area contributed by atoms with Crippen molar-refractivity contribution >= 4 is 0 Å². The fraction of sp³-hybridized carbons (Fsp3) is 0.556. The lowest BCUT2D eigenvalue weighted by Gasteiger charge is -2.34. The van der Waals surface area contributed by atoms with E-state index in [-0.39, 0.29) is 0 Å². The number of hydrogen-bond acceptors (Lipinski definition) is 4. The minimum atomic E-state index is 0.810. The van der Waals surface area contributed by atoms with Crippen molar-refractivity contribution in [1.82, 2.24) is 15.1 Å². The maximum Gasteiger partial charge on any atom is 0.123 e. The Morgan fingerprint density at radius 1 is 1.23 bits per heavy atom. The van der Waals surface area contributed by atoms with Crippen LogP contribution < -0.4 is 10.1 Å². The largest absolute Gasteiger partial charge is 0.496 e. The Labute approximate surface area is 134 Å². The first kappa shape index (κ1) is 17.0. The lowest BCUT2D eigenvalue weighted by Crippen LogP contribution is -2.45. The van der Waals surface area contributed by atoms with Gasteiger partial charge >= 0.3 is 0 Å². The SMILES string of the molecule is C=CCNCc1ccc(CN2CCN(CC)CC2)cc1OC. The molecular weight excluding hydrogens is 274 g/mol. The van der Waals surface area contributed by atoms with Gasteiger partial charge in [-0.25, -0.2) is 0 Å². The van der Waals surface area contributed by atoms with E-state index in [0.717, 1.165) is 45.0 Å². The summed E-state index contributed by atoms with van der Waals surface area (Å²) < 4.78 is 5.55. The second kappa shape index (κ2) is 8.93. The van der Waals surface area contributed by atoms with E-state index < -0.39 is 0 Å². The first-order valence-electron chi connectivity index (χ1n) is 8.19. The summed E-state index contributed by atoms with van der Waals surface area (Å²) in [6.45, 7) is 14.4. The number of rotatable bonds is 8. The quantitative estimate of drug-likeness (QED) is 0.588. The van der Waals surface area contributed by atoms with Gasteiger partial charge in [-0.05, 0) is 18.2 Å². The molecule has 0 aromatic heterocycles. The Bertz CT molecular complexity index is 467. The topological polar surface area (TPSA) is 27.7 Å². The van der Waals surface area contributed by atoms with E-state index in [9.17, 15) is 0 Å². The second-order valence-electron chi connectivity index (χ2n) is 5.78. The number of likely N-dealkylation sites (N-methyl/N-ethyl adjacent to an activating group) is 1. The van der Waals surface area contributed by atoms with Crippen molar-refractivity contribution in [3.63, 3.8) is 0 Å². The average Bonchev–Trinajstić information content (AvgIpc) is 2.57. The zero-order valence-corrected chi connectivity index (χ0v) is 14.0. The van der Waals surface area contributed by atoms with Crippen LogP contribution in [-0.2, 0) is 13.1 Å². The molecule has 122 valence electrons. The highest BCUT2D eigenvalue weighted by molar-refractivity contribution is 5.37. The molecule has 0 saturated carbocycles. The van der Waals surface area contributed by atoms with Crippen LogP contribution in [0.2, 0.25) is 0 Å². The van der Waals surface area contributed by atoms with Crippen molar-refractivity contribution in [2.45, 2.75) is 20.0 Å². The highest BCUT2D eigenvalue weighted by Gasteiger charge is 2.16. The fourth-order valence-electron chi connectivity index (χ4n) is 2.86. The van der Waals surface area contributed by atoms with Crippen molar-refractivity contribution in [1.29, 1.82) is 0 Å². The third-order valence-electron chi connectivity index (χ3n) is 4.27. The molecule has 4 nitrogen and oxygen atoms in total. The van der Waals surface area contributed by atoms with E-state index in [2.05, 4.69) is 46.8 Å². The predicted molar refractivity (Wildman–Crippen MR) is 92.3 cm³/mol. The van der Waals surface area contributed by atoms with E-state index in [1.807, 2.05) is 6.08 Å². The lowest BCUT2D eigenvalue weighted by molar-refractivity contribution is 0.132. The van der Waals surface area contributed by atoms with Gasteiger partial charge in [0.05, 0.1) is 7.11 Å². The van der Waals surface area contributed by atoms with Crippen LogP contribution in [0.15, 0.2) is 30.9 Å². The van der Waals surface area contributed by atoms with Crippen molar-refractivity contribution in [3.8, 4) is 5.75 Å². The molecule has 0 bridgehead atoms. The molecule has 22 heavy (non-hydrogen) atoms. The van der Waals surface area contributed by atoms with Crippen LogP contribution in [0.25, 0.3) is 0 Å². The molecule has 1 aromatic rings. The molecule has 0 unspecified atom stereocenters. The number of piperazine rings is 1. The zero-order valence-electron chi connectivity index (χ0n) is 14.0. The molecule has 2 rings (SSSR count). The number of ether oxygens (including phenoxy) is 1. The molecule has 1 aromatic carbocycles. The van der Waals surface area contributed by atoms with Crippen molar-refractivity contribution in [2.24, 2.45) is 0 Å². The normalized spacial score (nSPS) is 16.6. The molecule has 1 heterocycles. The molecule has 0 amide bonds. The van der Waals surface area contributed by atoms with Gasteiger partial charge in [-0.2, -0.15) is 0 Å². The summed E-state index contributed by atoms with van der Waals surface area (Å²) in [5.74, 6) is 0.973. The summed E-state index contributed by atoms with van der Waals surface area (Å²) in [4.78, 5) is 5.03. The van der Waals surface area contributed by atoms with E-state index >= 15 is 0 Å². The van der Waals surface area contributed by atoms with Crippen LogP contribution in [0.4, 0.5) is 0 Å². The van der Waals surface area contributed by atoms with Gasteiger partial charge in [-0.15, -0.1) is 6.58 Å². The van der Waals surface area contributed by atoms with Crippen LogP contribution >= 0.6 is 0 Å². The van der Waals surface area contributed by atoms with Crippen LogP contribution in [0, 0.1) is 0 Å². The summed E-state index contributed by atoms with van der Waals surface area (Å²) in [7, 11) is 1.75. The molecule has 0 atom stereocenters. The Morgan fingerprint density at radius 2 is 1.95 bits per heavy atom. The smallest absolute Gasteiger partial charge is 0.123 e. The molecule has 1 aliphatic heterocycles. The van der Waals surface area contributed by atoms with Crippen LogP contribution in [0.5, 0.6) is 5.75 Å². The Kier molecular flexibility index (Phi) is 6.90. The molecule has 1 aliphatic rings. The Morgan fingerprint density at radius 3 is 2.59 bits per heavy atom. The summed E-state index contributed by atoms with van der Waals surface area (Å²) in [5, 5.41) is 3.32. The van der Waals surface area contributed by atoms with Gasteiger partial charge < -0.3 is 15.0 Å². The first-order chi connectivity index (χ1) is 10.8. The average molecular weight is 303 g/mol. The minimum absolute atomic E-state index is 0.810. The van der Waals surface area contributed by atoms with E-state index in [4.69, 9.17) is 4.74 Å². The number of nitrogens with one attached hydrogen (secondary N) is 1. The van der Waals surface area contributed by atoms with E-state index in [1.54, 1.807) is 7.11 Å². The molecular formula is C18H29N3O. The number of benzene rings is 1. The third kappa shape index (κ3) is 4.83. The second-order valence-corrected chi connectivity index (χ2v) is 5.78. The van der Waals surface area contributed by atoms with E-state index in [0.29, 0.717) is 0 Å². The predicted octanol–water partition coefficient (Wildman–Crippen LogP) is 2.11. The Hall–Kier alpha value is -1.36.